The van der Waals surface area contributed by atoms with Crippen LogP contribution < -0.4 is 14.8 Å². The minimum atomic E-state index is -0.162. The Kier molecular flexibility index (Phi) is 6.19. The number of aromatic nitrogens is 5. The van der Waals surface area contributed by atoms with Crippen LogP contribution in [0, 0.1) is 6.92 Å². The third kappa shape index (κ3) is 4.47. The fraction of sp³-hybridized carbons (Fsp3) is 0.174. The van der Waals surface area contributed by atoms with Crippen LogP contribution in [-0.4, -0.2) is 51.0 Å². The van der Waals surface area contributed by atoms with Crippen molar-refractivity contribution < 1.29 is 14.3 Å². The maximum absolute atomic E-state index is 12.6. The molecule has 0 aliphatic heterocycles. The quantitative estimate of drug-likeness (QED) is 0.325. The van der Waals surface area contributed by atoms with E-state index in [0.717, 1.165) is 26.9 Å². The standard InChI is InChI=1S/C23H20N6O3S2/c1-14-20(34-23(25-14)17-4-3-13-33-17)22(30)24-11-12-32-19-10-9-18-26-27-21(29(18)28-19)15-5-7-16(31-2)8-6-15/h3-10,13H,11-12H2,1-2H3,(H,24,30). The van der Waals surface area contributed by atoms with Gasteiger partial charge in [-0.1, -0.05) is 6.07 Å². The number of hydrogen-bond donors (Lipinski definition) is 1. The maximum Gasteiger partial charge on any atom is 0.263 e. The smallest absolute Gasteiger partial charge is 0.263 e. The molecule has 4 heterocycles. The van der Waals surface area contributed by atoms with Gasteiger partial charge in [-0.05, 0) is 48.7 Å². The van der Waals surface area contributed by atoms with Gasteiger partial charge in [0.15, 0.2) is 11.5 Å². The number of thiazole rings is 1. The Morgan fingerprint density at radius 2 is 1.97 bits per heavy atom. The molecule has 5 aromatic rings. The molecule has 0 radical (unpaired) electrons. The number of carbonyl (C=O) groups is 1. The van der Waals surface area contributed by atoms with E-state index in [1.165, 1.54) is 11.3 Å². The highest BCUT2D eigenvalue weighted by Gasteiger charge is 2.16. The second-order valence-electron chi connectivity index (χ2n) is 7.21. The van der Waals surface area contributed by atoms with Gasteiger partial charge in [0, 0.05) is 11.6 Å². The van der Waals surface area contributed by atoms with Gasteiger partial charge in [0.25, 0.3) is 5.91 Å². The van der Waals surface area contributed by atoms with Gasteiger partial charge in [-0.2, -0.15) is 4.52 Å². The summed E-state index contributed by atoms with van der Waals surface area (Å²) in [5, 5.41) is 18.6. The lowest BCUT2D eigenvalue weighted by Gasteiger charge is -2.07. The number of nitrogens with zero attached hydrogens (tertiary/aromatic N) is 5. The molecule has 9 nitrogen and oxygen atoms in total. The second-order valence-corrected chi connectivity index (χ2v) is 9.16. The van der Waals surface area contributed by atoms with E-state index in [0.29, 0.717) is 28.8 Å². The molecule has 11 heteroatoms. The summed E-state index contributed by atoms with van der Waals surface area (Å²) in [7, 11) is 1.62. The van der Waals surface area contributed by atoms with Crippen LogP contribution in [0.25, 0.3) is 26.9 Å². The number of fused-ring (bicyclic) bond motifs is 1. The summed E-state index contributed by atoms with van der Waals surface area (Å²) in [6.07, 6.45) is 0. The van der Waals surface area contributed by atoms with Gasteiger partial charge < -0.3 is 14.8 Å². The number of ether oxygens (including phenoxy) is 2. The van der Waals surface area contributed by atoms with E-state index in [1.807, 2.05) is 48.7 Å². The molecular weight excluding hydrogens is 472 g/mol. The van der Waals surface area contributed by atoms with Gasteiger partial charge in [0.05, 0.1) is 24.2 Å². The molecule has 5 rings (SSSR count). The first-order valence-electron chi connectivity index (χ1n) is 10.4. The number of nitrogens with one attached hydrogen (secondary N) is 1. The zero-order valence-electron chi connectivity index (χ0n) is 18.4. The van der Waals surface area contributed by atoms with Crippen LogP contribution in [0.2, 0.25) is 0 Å². The number of benzene rings is 1. The Hall–Kier alpha value is -3.83. The van der Waals surface area contributed by atoms with Crippen molar-refractivity contribution in [3.63, 3.8) is 0 Å². The molecule has 0 aliphatic rings. The average molecular weight is 493 g/mol. The molecule has 0 aliphatic carbocycles. The van der Waals surface area contributed by atoms with Gasteiger partial charge in [-0.15, -0.1) is 38.0 Å². The van der Waals surface area contributed by atoms with Crippen molar-refractivity contribution in [1.82, 2.24) is 30.1 Å². The highest BCUT2D eigenvalue weighted by atomic mass is 32.1. The van der Waals surface area contributed by atoms with Gasteiger partial charge in [-0.3, -0.25) is 4.79 Å². The summed E-state index contributed by atoms with van der Waals surface area (Å²) in [4.78, 5) is 18.8. The zero-order valence-corrected chi connectivity index (χ0v) is 20.0. The van der Waals surface area contributed by atoms with Crippen molar-refractivity contribution in [2.75, 3.05) is 20.3 Å². The van der Waals surface area contributed by atoms with Crippen LogP contribution >= 0.6 is 22.7 Å². The van der Waals surface area contributed by atoms with Crippen molar-refractivity contribution in [3.05, 3.63) is 64.5 Å². The Morgan fingerprint density at radius 3 is 2.74 bits per heavy atom. The van der Waals surface area contributed by atoms with Crippen molar-refractivity contribution in [2.24, 2.45) is 0 Å². The molecule has 4 aromatic heterocycles. The van der Waals surface area contributed by atoms with E-state index in [4.69, 9.17) is 9.47 Å². The number of hydrogen-bond acceptors (Lipinski definition) is 9. The molecule has 0 fully saturated rings. The number of methoxy groups -OCH3 is 1. The van der Waals surface area contributed by atoms with E-state index in [2.05, 4.69) is 25.6 Å². The molecule has 172 valence electrons. The van der Waals surface area contributed by atoms with E-state index in [9.17, 15) is 4.79 Å². The first-order valence-corrected chi connectivity index (χ1v) is 12.1. The molecule has 0 unspecified atom stereocenters. The van der Waals surface area contributed by atoms with Gasteiger partial charge in [0.2, 0.25) is 5.88 Å². The van der Waals surface area contributed by atoms with Crippen LogP contribution in [0.1, 0.15) is 15.4 Å². The van der Waals surface area contributed by atoms with Gasteiger partial charge >= 0.3 is 0 Å². The summed E-state index contributed by atoms with van der Waals surface area (Å²) in [5.41, 5.74) is 2.18. The van der Waals surface area contributed by atoms with E-state index in [-0.39, 0.29) is 12.5 Å². The Bertz CT molecular complexity index is 1430. The molecule has 0 spiro atoms. The van der Waals surface area contributed by atoms with Crippen LogP contribution in [0.15, 0.2) is 53.9 Å². The average Bonchev–Trinajstić information content (AvgIpc) is 3.61. The summed E-state index contributed by atoms with van der Waals surface area (Å²) in [5.74, 6) is 1.60. The molecule has 1 N–H and O–H groups in total. The van der Waals surface area contributed by atoms with E-state index >= 15 is 0 Å². The molecule has 0 saturated carbocycles. The molecule has 1 amide bonds. The van der Waals surface area contributed by atoms with Gasteiger partial charge in [-0.25, -0.2) is 4.98 Å². The summed E-state index contributed by atoms with van der Waals surface area (Å²) in [6.45, 7) is 2.44. The fourth-order valence-electron chi connectivity index (χ4n) is 3.28. The minimum absolute atomic E-state index is 0.162. The van der Waals surface area contributed by atoms with Crippen molar-refractivity contribution >= 4 is 34.2 Å². The largest absolute Gasteiger partial charge is 0.497 e. The molecule has 1 aromatic carbocycles. The monoisotopic (exact) mass is 492 g/mol. The van der Waals surface area contributed by atoms with Gasteiger partial charge in [0.1, 0.15) is 22.2 Å². The predicted molar refractivity (Wildman–Crippen MR) is 131 cm³/mol. The summed E-state index contributed by atoms with van der Waals surface area (Å²) in [6, 6.07) is 15.0. The normalized spacial score (nSPS) is 11.0. The lowest BCUT2D eigenvalue weighted by Crippen LogP contribution is -2.28. The molecule has 34 heavy (non-hydrogen) atoms. The number of aryl methyl sites for hydroxylation is 1. The Morgan fingerprint density at radius 1 is 1.12 bits per heavy atom. The molecule has 0 bridgehead atoms. The molecular formula is C23H20N6O3S2. The van der Waals surface area contributed by atoms with Crippen LogP contribution in [-0.2, 0) is 0 Å². The topological polar surface area (TPSA) is 104 Å². The highest BCUT2D eigenvalue weighted by Crippen LogP contribution is 2.31. The summed E-state index contributed by atoms with van der Waals surface area (Å²) < 4.78 is 12.6. The Labute approximate surface area is 203 Å². The maximum atomic E-state index is 12.6. The SMILES string of the molecule is COc1ccc(-c2nnc3ccc(OCCNC(=O)c4sc(-c5cccs5)nc4C)nn23)cc1. The minimum Gasteiger partial charge on any atom is -0.497 e. The van der Waals surface area contributed by atoms with Crippen LogP contribution in [0.3, 0.4) is 0 Å². The molecule has 0 atom stereocenters. The number of carbonyl (C=O) groups excluding carboxylic acids is 1. The molecule has 0 saturated heterocycles. The van der Waals surface area contributed by atoms with E-state index < -0.39 is 0 Å². The predicted octanol–water partition coefficient (Wildman–Crippen LogP) is 4.10. The fourth-order valence-corrected chi connectivity index (χ4v) is 5.06. The van der Waals surface area contributed by atoms with E-state index in [1.54, 1.807) is 35.1 Å². The first-order chi connectivity index (χ1) is 16.6. The lowest BCUT2D eigenvalue weighted by molar-refractivity contribution is 0.0949. The first kappa shape index (κ1) is 22.0. The lowest BCUT2D eigenvalue weighted by atomic mass is 10.2. The van der Waals surface area contributed by atoms with Crippen molar-refractivity contribution in [1.29, 1.82) is 0 Å². The number of amides is 1. The zero-order chi connectivity index (χ0) is 23.5. The Balaban J connectivity index is 1.21. The number of rotatable bonds is 8. The summed E-state index contributed by atoms with van der Waals surface area (Å²) >= 11 is 3.00. The second kappa shape index (κ2) is 9.57. The van der Waals surface area contributed by atoms with Crippen LogP contribution in [0.4, 0.5) is 0 Å². The van der Waals surface area contributed by atoms with Crippen molar-refractivity contribution in [3.8, 4) is 32.9 Å². The van der Waals surface area contributed by atoms with Crippen molar-refractivity contribution in [2.45, 2.75) is 6.92 Å². The highest BCUT2D eigenvalue weighted by molar-refractivity contribution is 7.22. The van der Waals surface area contributed by atoms with Crippen LogP contribution in [0.5, 0.6) is 11.6 Å². The third-order valence-corrected chi connectivity index (χ3v) is 7.15. The third-order valence-electron chi connectivity index (χ3n) is 4.96. The number of thiophene rings is 1.